The third-order valence-corrected chi connectivity index (χ3v) is 3.66. The highest BCUT2D eigenvalue weighted by atomic mass is 32.2. The minimum atomic E-state index is -0.459. The molecule has 3 rings (SSSR count). The monoisotopic (exact) mass is 203 g/mol. The van der Waals surface area contributed by atoms with E-state index in [1.54, 1.807) is 12.4 Å². The lowest BCUT2D eigenvalue weighted by Gasteiger charge is -1.81. The second-order valence-electron chi connectivity index (χ2n) is 2.93. The molecule has 0 amide bonds. The number of nitrogen functional groups attached to an aromatic ring is 1. The summed E-state index contributed by atoms with van der Waals surface area (Å²) >= 11 is 0. The Hall–Kier alpha value is -1.59. The Labute approximate surface area is 82.5 Å². The maximum atomic E-state index is 6.04. The number of nitrogens with two attached hydrogens (primary N) is 1. The minimum Gasteiger partial charge on any atom is -0.239 e. The number of thiophene rings is 1. The fourth-order valence-corrected chi connectivity index (χ4v) is 2.86. The molecule has 0 bridgehead atoms. The van der Waals surface area contributed by atoms with Crippen LogP contribution in [-0.4, -0.2) is 15.0 Å². The predicted molar refractivity (Wildman–Crippen MR) is 57.5 cm³/mol. The molecule has 0 aliphatic rings. The summed E-state index contributed by atoms with van der Waals surface area (Å²) in [5, 5.41) is 7.08. The van der Waals surface area contributed by atoms with E-state index in [2.05, 4.69) is 15.0 Å². The number of aromatic nitrogens is 3. The first-order chi connectivity index (χ1) is 6.88. The van der Waals surface area contributed by atoms with E-state index in [4.69, 9.17) is 5.14 Å². The summed E-state index contributed by atoms with van der Waals surface area (Å²) in [6, 6.07) is 3.89. The van der Waals surface area contributed by atoms with Crippen molar-refractivity contribution >= 4 is 31.1 Å². The highest BCUT2D eigenvalue weighted by molar-refractivity contribution is 7.42. The fraction of sp³-hybridized carbons (Fsp3) is 0. The van der Waals surface area contributed by atoms with Crippen LogP contribution in [0.5, 0.6) is 0 Å². The van der Waals surface area contributed by atoms with Gasteiger partial charge < -0.3 is 0 Å². The van der Waals surface area contributed by atoms with Crippen molar-refractivity contribution in [3.63, 3.8) is 0 Å². The van der Waals surface area contributed by atoms with Crippen LogP contribution in [0.15, 0.2) is 30.9 Å². The second kappa shape index (κ2) is 2.70. The quantitative estimate of drug-likeness (QED) is 0.564. The summed E-state index contributed by atoms with van der Waals surface area (Å²) in [5.41, 5.74) is 0.925. The maximum absolute atomic E-state index is 6.04. The van der Waals surface area contributed by atoms with Crippen LogP contribution in [-0.2, 0) is 0 Å². The summed E-state index contributed by atoms with van der Waals surface area (Å²) < 4.78 is 0.987. The van der Waals surface area contributed by atoms with Gasteiger partial charge in [0.05, 0.1) is 11.6 Å². The van der Waals surface area contributed by atoms with Crippen molar-refractivity contribution in [2.24, 2.45) is 0 Å². The maximum Gasteiger partial charge on any atom is 0.297 e. The molecule has 3 aromatic rings. The van der Waals surface area contributed by atoms with Gasteiger partial charge in [0.25, 0.3) is 4.83 Å². The molecule has 5 heteroatoms. The van der Waals surface area contributed by atoms with Gasteiger partial charge in [0.1, 0.15) is 22.5 Å². The zero-order valence-electron chi connectivity index (χ0n) is 7.21. The summed E-state index contributed by atoms with van der Waals surface area (Å²) in [6.07, 6.45) is 5.07. The fourth-order valence-electron chi connectivity index (χ4n) is 1.53. The molecule has 68 valence electrons. The van der Waals surface area contributed by atoms with Crippen LogP contribution in [0.1, 0.15) is 0 Å². The van der Waals surface area contributed by atoms with E-state index in [-0.39, 0.29) is 0 Å². The molecule has 0 fully saturated rings. The normalized spacial score (nSPS) is 12.5. The average Bonchev–Trinajstić information content (AvgIpc) is 2.55. The SMILES string of the molecule is N[s+]1c2cncnc2c2cccnc21. The molecule has 0 aliphatic heterocycles. The van der Waals surface area contributed by atoms with E-state index < -0.39 is 10.7 Å². The Bertz CT molecular complexity index is 563. The van der Waals surface area contributed by atoms with Gasteiger partial charge in [-0.3, -0.25) is 0 Å². The zero-order valence-corrected chi connectivity index (χ0v) is 8.03. The molecule has 1 unspecified atom stereocenters. The molecule has 14 heavy (non-hydrogen) atoms. The van der Waals surface area contributed by atoms with Crippen molar-refractivity contribution < 1.29 is 0 Å². The van der Waals surface area contributed by atoms with Gasteiger partial charge in [-0.1, -0.05) is 0 Å². The summed E-state index contributed by atoms with van der Waals surface area (Å²) in [4.78, 5) is 13.4. The van der Waals surface area contributed by atoms with Crippen LogP contribution in [0.25, 0.3) is 20.4 Å². The number of fused-ring (bicyclic) bond motifs is 3. The molecule has 0 saturated heterocycles. The van der Waals surface area contributed by atoms with Crippen LogP contribution in [0.2, 0.25) is 0 Å². The Morgan fingerprint density at radius 2 is 2.21 bits per heavy atom. The van der Waals surface area contributed by atoms with Crippen molar-refractivity contribution in [3.8, 4) is 0 Å². The minimum absolute atomic E-state index is 0.459. The summed E-state index contributed by atoms with van der Waals surface area (Å²) in [6.45, 7) is 0. The third-order valence-electron chi connectivity index (χ3n) is 2.15. The lowest BCUT2D eigenvalue weighted by molar-refractivity contribution is 1.23. The average molecular weight is 203 g/mol. The van der Waals surface area contributed by atoms with Crippen molar-refractivity contribution in [2.45, 2.75) is 0 Å². The van der Waals surface area contributed by atoms with Crippen LogP contribution in [0, 0.1) is 0 Å². The smallest absolute Gasteiger partial charge is 0.239 e. The number of nitrogens with zero attached hydrogens (tertiary/aromatic N) is 3. The molecule has 0 spiro atoms. The number of rotatable bonds is 0. The topological polar surface area (TPSA) is 64.7 Å². The second-order valence-corrected chi connectivity index (χ2v) is 4.43. The van der Waals surface area contributed by atoms with E-state index >= 15 is 0 Å². The molecule has 1 atom stereocenters. The van der Waals surface area contributed by atoms with Crippen LogP contribution >= 0.6 is 10.7 Å². The largest absolute Gasteiger partial charge is 0.297 e. The number of hydrogen-bond acceptors (Lipinski definition) is 4. The first kappa shape index (κ1) is 7.78. The van der Waals surface area contributed by atoms with Gasteiger partial charge in [0.15, 0.2) is 0 Å². The highest BCUT2D eigenvalue weighted by Crippen LogP contribution is 2.34. The van der Waals surface area contributed by atoms with Crippen molar-refractivity contribution in [2.75, 3.05) is 5.14 Å². The van der Waals surface area contributed by atoms with E-state index in [1.807, 2.05) is 12.1 Å². The molecule has 3 aromatic heterocycles. The Morgan fingerprint density at radius 1 is 1.29 bits per heavy atom. The molecule has 0 aliphatic carbocycles. The lowest BCUT2D eigenvalue weighted by Crippen LogP contribution is -1.80. The summed E-state index contributed by atoms with van der Waals surface area (Å²) in [7, 11) is -0.459. The highest BCUT2D eigenvalue weighted by Gasteiger charge is 2.20. The Balaban J connectivity index is 2.69. The van der Waals surface area contributed by atoms with Crippen LogP contribution in [0.3, 0.4) is 0 Å². The Morgan fingerprint density at radius 3 is 3.14 bits per heavy atom. The van der Waals surface area contributed by atoms with Crippen LogP contribution in [0.4, 0.5) is 0 Å². The predicted octanol–water partition coefficient (Wildman–Crippen LogP) is 1.64. The van der Waals surface area contributed by atoms with Gasteiger partial charge in [-0.25, -0.2) is 15.0 Å². The molecular formula is C9H7N4S+. The van der Waals surface area contributed by atoms with Gasteiger partial charge in [0, 0.05) is 6.20 Å². The number of pyridine rings is 1. The molecule has 0 aromatic carbocycles. The van der Waals surface area contributed by atoms with E-state index in [0.29, 0.717) is 0 Å². The van der Waals surface area contributed by atoms with Crippen molar-refractivity contribution in [3.05, 3.63) is 30.9 Å². The van der Waals surface area contributed by atoms with Gasteiger partial charge >= 0.3 is 0 Å². The van der Waals surface area contributed by atoms with E-state index in [9.17, 15) is 0 Å². The van der Waals surface area contributed by atoms with Crippen LogP contribution < -0.4 is 5.14 Å². The van der Waals surface area contributed by atoms with Gasteiger partial charge in [0.2, 0.25) is 4.70 Å². The van der Waals surface area contributed by atoms with E-state index in [0.717, 1.165) is 20.4 Å². The standard InChI is InChI=1S/C9H7N4S/c10-14-7-4-11-5-13-8(7)6-2-1-3-12-9(6)14/h1-5H,10H2/q+1. The number of hydrogen-bond donors (Lipinski definition) is 1. The molecule has 4 nitrogen and oxygen atoms in total. The molecule has 2 N–H and O–H groups in total. The van der Waals surface area contributed by atoms with Gasteiger partial charge in [-0.15, -0.1) is 5.14 Å². The van der Waals surface area contributed by atoms with Gasteiger partial charge in [-0.2, -0.15) is 0 Å². The molecule has 0 saturated carbocycles. The first-order valence-electron chi connectivity index (χ1n) is 4.12. The van der Waals surface area contributed by atoms with E-state index in [1.165, 1.54) is 6.33 Å². The zero-order chi connectivity index (χ0) is 9.54. The Kier molecular flexibility index (Phi) is 1.50. The van der Waals surface area contributed by atoms with Crippen molar-refractivity contribution in [1.29, 1.82) is 0 Å². The third kappa shape index (κ3) is 0.878. The summed E-state index contributed by atoms with van der Waals surface area (Å²) in [5.74, 6) is 0. The lowest BCUT2D eigenvalue weighted by atomic mass is 10.3. The van der Waals surface area contributed by atoms with Gasteiger partial charge in [-0.05, 0) is 12.1 Å². The van der Waals surface area contributed by atoms with Crippen molar-refractivity contribution in [1.82, 2.24) is 15.0 Å². The molecule has 0 radical (unpaired) electrons. The molecular weight excluding hydrogens is 196 g/mol. The molecule has 3 heterocycles. The first-order valence-corrected chi connectivity index (χ1v) is 5.41.